The molecule has 0 heterocycles. The highest BCUT2D eigenvalue weighted by Gasteiger charge is 2.30. The summed E-state index contributed by atoms with van der Waals surface area (Å²) >= 11 is 0. The second-order valence-corrected chi connectivity index (χ2v) is 23.7. The van der Waals surface area contributed by atoms with Crippen LogP contribution in [-0.4, -0.2) is 74.3 Å². The van der Waals surface area contributed by atoms with Gasteiger partial charge in [-0.1, -0.05) is 262 Å². The molecule has 0 spiro atoms. The van der Waals surface area contributed by atoms with Crippen molar-refractivity contribution in [3.8, 4) is 0 Å². The first-order valence-corrected chi connectivity index (χ1v) is 32.5. The van der Waals surface area contributed by atoms with Gasteiger partial charge in [0.15, 0.2) is 0 Å². The van der Waals surface area contributed by atoms with E-state index in [0.29, 0.717) is 23.9 Å². The molecule has 0 aromatic rings. The molecule has 0 aliphatic carbocycles. The van der Waals surface area contributed by atoms with Crippen LogP contribution in [0.4, 0.5) is 0 Å². The standard InChI is InChI=1S/C63H119N2O7P/c1-7-10-13-16-19-22-25-28-30-32-33-34-36-38-41-44-47-50-53-56-63(67)72-61(54-51-48-45-42-39-27-24-21-18-15-12-9-3)60(59-71-73(68,69)70-58-57-65(4,5)6)64-62(66)55-52-49-46-43-40-37-35-31-29-26-23-20-17-14-11-8-2/h11,14,20,23,29,31,51,54,60-61H,7-10,12-13,15-19,21-22,24-28,30,32-50,52-53,55-59H2,1-6H3,(H-,64,66,68,69)/p+1/b14-11+,23-20+,31-29+,54-51+. The van der Waals surface area contributed by atoms with Gasteiger partial charge in [0.1, 0.15) is 19.3 Å². The summed E-state index contributed by atoms with van der Waals surface area (Å²) in [5.74, 6) is -0.509. The van der Waals surface area contributed by atoms with Crippen LogP contribution in [0.5, 0.6) is 0 Å². The molecule has 0 aromatic carbocycles. The van der Waals surface area contributed by atoms with E-state index in [1.807, 2.05) is 33.3 Å². The third-order valence-electron chi connectivity index (χ3n) is 13.8. The van der Waals surface area contributed by atoms with Crippen molar-refractivity contribution >= 4 is 19.7 Å². The molecule has 0 aliphatic rings. The monoisotopic (exact) mass is 1050 g/mol. The van der Waals surface area contributed by atoms with Gasteiger partial charge in [-0.25, -0.2) is 4.57 Å². The molecule has 0 radical (unpaired) electrons. The van der Waals surface area contributed by atoms with E-state index in [1.54, 1.807) is 0 Å². The fraction of sp³-hybridized carbons (Fsp3) is 0.841. The number of esters is 1. The van der Waals surface area contributed by atoms with E-state index in [4.69, 9.17) is 13.8 Å². The van der Waals surface area contributed by atoms with Gasteiger partial charge in [0.05, 0.1) is 33.8 Å². The number of carbonyl (C=O) groups excluding carboxylic acids is 2. The quantitative estimate of drug-likeness (QED) is 0.0205. The molecule has 0 aromatic heterocycles. The molecule has 3 atom stereocenters. The van der Waals surface area contributed by atoms with Crippen LogP contribution in [0.1, 0.15) is 290 Å². The number of phosphoric acid groups is 1. The third kappa shape index (κ3) is 54.6. The van der Waals surface area contributed by atoms with Crippen molar-refractivity contribution in [3.05, 3.63) is 48.6 Å². The Balaban J connectivity index is 5.24. The first-order chi connectivity index (χ1) is 35.4. The van der Waals surface area contributed by atoms with E-state index in [9.17, 15) is 19.0 Å². The Kier molecular flexibility index (Phi) is 51.9. The van der Waals surface area contributed by atoms with Crippen LogP contribution in [-0.2, 0) is 27.9 Å². The summed E-state index contributed by atoms with van der Waals surface area (Å²) in [6.07, 6.45) is 65.3. The number of phosphoric ester groups is 1. The molecule has 3 unspecified atom stereocenters. The minimum Gasteiger partial charge on any atom is -0.456 e. The van der Waals surface area contributed by atoms with Gasteiger partial charge in [-0.3, -0.25) is 18.6 Å². The molecule has 0 saturated heterocycles. The molecule has 1 amide bonds. The van der Waals surface area contributed by atoms with Crippen molar-refractivity contribution < 1.29 is 37.3 Å². The van der Waals surface area contributed by atoms with Crippen LogP contribution in [0.3, 0.4) is 0 Å². The summed E-state index contributed by atoms with van der Waals surface area (Å²) in [4.78, 5) is 37.7. The number of rotatable bonds is 56. The maximum atomic E-state index is 13.5. The minimum atomic E-state index is -4.45. The average Bonchev–Trinajstić information content (AvgIpc) is 3.35. The number of quaternary nitrogens is 1. The fourth-order valence-electron chi connectivity index (χ4n) is 9.01. The predicted molar refractivity (Wildman–Crippen MR) is 314 cm³/mol. The maximum absolute atomic E-state index is 13.5. The van der Waals surface area contributed by atoms with Crippen LogP contribution < -0.4 is 5.32 Å². The Bertz CT molecular complexity index is 1390. The average molecular weight is 1050 g/mol. The summed E-state index contributed by atoms with van der Waals surface area (Å²) in [7, 11) is 1.49. The lowest BCUT2D eigenvalue weighted by molar-refractivity contribution is -0.870. The van der Waals surface area contributed by atoms with Crippen molar-refractivity contribution in [3.63, 3.8) is 0 Å². The smallest absolute Gasteiger partial charge is 0.456 e. The predicted octanol–water partition coefficient (Wildman–Crippen LogP) is 18.9. The molecule has 0 rings (SSSR count). The Morgan fingerprint density at radius 1 is 0.493 bits per heavy atom. The Hall–Kier alpha value is -2.03. The molecule has 0 saturated carbocycles. The lowest BCUT2D eigenvalue weighted by Gasteiger charge is -2.27. The normalized spacial score (nSPS) is 14.0. The topological polar surface area (TPSA) is 111 Å². The van der Waals surface area contributed by atoms with Crippen molar-refractivity contribution in [1.29, 1.82) is 0 Å². The summed E-state index contributed by atoms with van der Waals surface area (Å²) < 4.78 is 30.7. The Morgan fingerprint density at radius 3 is 1.32 bits per heavy atom. The van der Waals surface area contributed by atoms with Gasteiger partial charge in [-0.2, -0.15) is 0 Å². The first kappa shape index (κ1) is 71.0. The molecular weight excluding hydrogens is 928 g/mol. The summed E-state index contributed by atoms with van der Waals surface area (Å²) in [5.41, 5.74) is 0. The maximum Gasteiger partial charge on any atom is 0.472 e. The summed E-state index contributed by atoms with van der Waals surface area (Å²) in [5, 5.41) is 3.05. The van der Waals surface area contributed by atoms with Gasteiger partial charge >= 0.3 is 13.8 Å². The Morgan fingerprint density at radius 2 is 0.877 bits per heavy atom. The third-order valence-corrected chi connectivity index (χ3v) is 14.8. The molecular formula is C63H120N2O7P+. The van der Waals surface area contributed by atoms with E-state index < -0.39 is 20.0 Å². The second-order valence-electron chi connectivity index (χ2n) is 22.2. The van der Waals surface area contributed by atoms with E-state index in [1.165, 1.54) is 167 Å². The number of nitrogens with one attached hydrogen (secondary N) is 1. The second kappa shape index (κ2) is 53.4. The first-order valence-electron chi connectivity index (χ1n) is 31.0. The number of amides is 1. The Labute approximate surface area is 452 Å². The van der Waals surface area contributed by atoms with E-state index in [0.717, 1.165) is 89.9 Å². The molecule has 9 nitrogen and oxygen atoms in total. The van der Waals surface area contributed by atoms with Crippen molar-refractivity contribution in [1.82, 2.24) is 5.32 Å². The van der Waals surface area contributed by atoms with E-state index in [-0.39, 0.29) is 25.1 Å². The van der Waals surface area contributed by atoms with Gasteiger partial charge in [0.2, 0.25) is 5.91 Å². The van der Waals surface area contributed by atoms with E-state index in [2.05, 4.69) is 62.5 Å². The summed E-state index contributed by atoms with van der Waals surface area (Å²) in [6.45, 7) is 6.92. The minimum absolute atomic E-state index is 0.0383. The van der Waals surface area contributed by atoms with E-state index >= 15 is 0 Å². The highest BCUT2D eigenvalue weighted by molar-refractivity contribution is 7.47. The van der Waals surface area contributed by atoms with Gasteiger partial charge in [-0.15, -0.1) is 0 Å². The molecule has 2 N–H and O–H groups in total. The van der Waals surface area contributed by atoms with Crippen LogP contribution >= 0.6 is 7.82 Å². The van der Waals surface area contributed by atoms with Gasteiger partial charge in [-0.05, 0) is 63.9 Å². The number of ether oxygens (including phenoxy) is 1. The largest absolute Gasteiger partial charge is 0.472 e. The van der Waals surface area contributed by atoms with Crippen molar-refractivity contribution in [2.45, 2.75) is 303 Å². The number of allylic oxidation sites excluding steroid dienone is 7. The molecule has 428 valence electrons. The zero-order valence-corrected chi connectivity index (χ0v) is 49.8. The fourth-order valence-corrected chi connectivity index (χ4v) is 9.75. The molecule has 0 aliphatic heterocycles. The number of hydrogen-bond donors (Lipinski definition) is 2. The van der Waals surface area contributed by atoms with Crippen molar-refractivity contribution in [2.75, 3.05) is 40.9 Å². The number of hydrogen-bond acceptors (Lipinski definition) is 6. The van der Waals surface area contributed by atoms with Crippen LogP contribution in [0.15, 0.2) is 48.6 Å². The number of nitrogens with zero attached hydrogens (tertiary/aromatic N) is 1. The van der Waals surface area contributed by atoms with Gasteiger partial charge < -0.3 is 19.4 Å². The highest BCUT2D eigenvalue weighted by atomic mass is 31.2. The van der Waals surface area contributed by atoms with Crippen LogP contribution in [0.25, 0.3) is 0 Å². The zero-order chi connectivity index (χ0) is 53.6. The van der Waals surface area contributed by atoms with Gasteiger partial charge in [0, 0.05) is 12.8 Å². The summed E-state index contributed by atoms with van der Waals surface area (Å²) in [6, 6.07) is -0.852. The highest BCUT2D eigenvalue weighted by Crippen LogP contribution is 2.43. The van der Waals surface area contributed by atoms with Crippen LogP contribution in [0, 0.1) is 0 Å². The molecule has 10 heteroatoms. The van der Waals surface area contributed by atoms with Crippen molar-refractivity contribution in [2.24, 2.45) is 0 Å². The number of likely N-dealkylation sites (N-methyl/N-ethyl adjacent to an activating group) is 1. The number of unbranched alkanes of at least 4 members (excludes halogenated alkanes) is 34. The SMILES string of the molecule is CC/C=C/C/C=C/C/C=C/CCCCCCCCC(=O)NC(COP(=O)(O)OCC[N+](C)(C)C)C(/C=C/CCCCCCCCCCCC)OC(=O)CCCCCCCCCCCCCCCCCCCCC. The lowest BCUT2D eigenvalue weighted by Crippen LogP contribution is -2.47. The lowest BCUT2D eigenvalue weighted by atomic mass is 10.0. The molecule has 73 heavy (non-hydrogen) atoms. The van der Waals surface area contributed by atoms with Gasteiger partial charge in [0.25, 0.3) is 0 Å². The zero-order valence-electron chi connectivity index (χ0n) is 48.9. The van der Waals surface area contributed by atoms with Crippen LogP contribution in [0.2, 0.25) is 0 Å². The number of carbonyl (C=O) groups is 2. The molecule has 0 bridgehead atoms. The molecule has 0 fully saturated rings.